The predicted octanol–water partition coefficient (Wildman–Crippen LogP) is 6.16. The Balaban J connectivity index is 1.28. The molecule has 208 valence electrons. The molecule has 0 spiro atoms. The number of carbonyl (C=O) groups is 2. The number of hydrogen-bond acceptors (Lipinski definition) is 8. The van der Waals surface area contributed by atoms with Gasteiger partial charge in [-0.05, 0) is 68.8 Å². The van der Waals surface area contributed by atoms with Crippen LogP contribution >= 0.6 is 0 Å². The van der Waals surface area contributed by atoms with Crippen molar-refractivity contribution >= 4 is 17.7 Å². The van der Waals surface area contributed by atoms with Gasteiger partial charge in [0.1, 0.15) is 34.2 Å². The summed E-state index contributed by atoms with van der Waals surface area (Å²) < 4.78 is 35.5. The summed E-state index contributed by atoms with van der Waals surface area (Å²) in [6.45, 7) is 7.24. The highest BCUT2D eigenvalue weighted by molar-refractivity contribution is 5.93. The number of ether oxygens (including phenoxy) is 4. The van der Waals surface area contributed by atoms with Crippen LogP contribution in [-0.4, -0.2) is 54.3 Å². The van der Waals surface area contributed by atoms with Crippen LogP contribution < -0.4 is 14.4 Å². The fourth-order valence-electron chi connectivity index (χ4n) is 4.54. The maximum absolute atomic E-state index is 13.4. The van der Waals surface area contributed by atoms with Crippen molar-refractivity contribution < 1.29 is 32.9 Å². The lowest BCUT2D eigenvalue weighted by atomic mass is 10.1. The van der Waals surface area contributed by atoms with E-state index >= 15 is 0 Å². The summed E-state index contributed by atoms with van der Waals surface area (Å²) in [5.74, 6) is 0.578. The van der Waals surface area contributed by atoms with Gasteiger partial charge in [-0.2, -0.15) is 0 Å². The van der Waals surface area contributed by atoms with Crippen molar-refractivity contribution in [2.45, 2.75) is 26.4 Å². The van der Waals surface area contributed by atoms with Crippen LogP contribution in [0.25, 0.3) is 0 Å². The monoisotopic (exact) mass is 547 g/mol. The summed E-state index contributed by atoms with van der Waals surface area (Å²) in [6, 6.07) is 14.2. The van der Waals surface area contributed by atoms with Crippen LogP contribution in [0.1, 0.15) is 31.1 Å². The second-order valence-corrected chi connectivity index (χ2v) is 10.6. The van der Waals surface area contributed by atoms with Crippen molar-refractivity contribution in [2.75, 3.05) is 31.6 Å². The highest BCUT2D eigenvalue weighted by Gasteiger charge is 2.37. The Morgan fingerprint density at radius 2 is 1.70 bits per heavy atom. The van der Waals surface area contributed by atoms with Crippen molar-refractivity contribution in [1.82, 2.24) is 9.88 Å². The van der Waals surface area contributed by atoms with Crippen molar-refractivity contribution in [3.63, 3.8) is 0 Å². The second kappa shape index (κ2) is 10.9. The number of halogens is 1. The maximum Gasteiger partial charge on any atom is 0.410 e. The molecule has 1 amide bonds. The Labute approximate surface area is 231 Å². The van der Waals surface area contributed by atoms with E-state index < -0.39 is 17.4 Å². The minimum absolute atomic E-state index is 0.0949. The number of esters is 1. The smallest absolute Gasteiger partial charge is 0.410 e. The molecule has 5 rings (SSSR count). The van der Waals surface area contributed by atoms with E-state index in [1.54, 1.807) is 53.6 Å². The quantitative estimate of drug-likeness (QED) is 0.339. The molecule has 1 atom stereocenters. The number of pyridine rings is 1. The zero-order valence-corrected chi connectivity index (χ0v) is 22.7. The lowest BCUT2D eigenvalue weighted by Crippen LogP contribution is -2.36. The summed E-state index contributed by atoms with van der Waals surface area (Å²) in [5, 5.41) is 0. The van der Waals surface area contributed by atoms with Gasteiger partial charge in [0, 0.05) is 37.8 Å². The number of methoxy groups -OCH3 is 1. The molecule has 3 aromatic rings. The Kier molecular flexibility index (Phi) is 7.34. The highest BCUT2D eigenvalue weighted by Crippen LogP contribution is 2.35. The van der Waals surface area contributed by atoms with Gasteiger partial charge in [-0.3, -0.25) is 0 Å². The van der Waals surface area contributed by atoms with Crippen molar-refractivity contribution in [1.29, 1.82) is 0 Å². The van der Waals surface area contributed by atoms with Crippen LogP contribution in [-0.2, 0) is 9.47 Å². The van der Waals surface area contributed by atoms with Crippen LogP contribution in [0.3, 0.4) is 0 Å². The molecule has 0 N–H and O–H groups in total. The number of amides is 1. The largest absolute Gasteiger partial charge is 0.465 e. The molecule has 0 radical (unpaired) electrons. The van der Waals surface area contributed by atoms with Gasteiger partial charge in [0.2, 0.25) is 5.88 Å². The fraction of sp³-hybridized carbons (Fsp3) is 0.300. The molecule has 10 heteroatoms. The fourth-order valence-corrected chi connectivity index (χ4v) is 4.54. The molecule has 1 saturated heterocycles. The van der Waals surface area contributed by atoms with Gasteiger partial charge in [-0.25, -0.2) is 19.0 Å². The number of rotatable bonds is 6. The molecule has 2 aromatic carbocycles. The molecule has 40 heavy (non-hydrogen) atoms. The average Bonchev–Trinajstić information content (AvgIpc) is 3.49. The number of hydrogen-bond donors (Lipinski definition) is 0. The molecule has 9 nitrogen and oxygen atoms in total. The Morgan fingerprint density at radius 3 is 2.35 bits per heavy atom. The van der Waals surface area contributed by atoms with Crippen molar-refractivity contribution in [3.8, 4) is 23.1 Å². The molecule has 0 saturated carbocycles. The Bertz CT molecular complexity index is 1450. The number of likely N-dealkylation sites (tertiary alicyclic amines) is 1. The molecule has 1 fully saturated rings. The third kappa shape index (κ3) is 6.17. The van der Waals surface area contributed by atoms with Gasteiger partial charge in [-0.15, -0.1) is 0 Å². The van der Waals surface area contributed by atoms with Gasteiger partial charge in [-0.1, -0.05) is 6.07 Å². The van der Waals surface area contributed by atoms with Gasteiger partial charge >= 0.3 is 12.1 Å². The van der Waals surface area contributed by atoms with E-state index in [-0.39, 0.29) is 23.5 Å². The molecule has 2 aliphatic heterocycles. The first-order valence-electron chi connectivity index (χ1n) is 12.8. The van der Waals surface area contributed by atoms with E-state index in [0.29, 0.717) is 42.6 Å². The third-order valence-corrected chi connectivity index (χ3v) is 6.37. The topological polar surface area (TPSA) is 90.4 Å². The second-order valence-electron chi connectivity index (χ2n) is 10.6. The molecular weight excluding hydrogens is 517 g/mol. The first kappa shape index (κ1) is 27.0. The standard InChI is InChI=1S/C30H30FN3O6/c1-30(2,3)40-29(36)34-17-19-15-33(16-20(19)18-34)22-13-26(28(35)37-4)27(32-14-22)39-24-10-8-23(9-11-24)38-25-7-5-6-21(31)12-25/h5-15,20H,16-18H2,1-4H3. The number of aromatic nitrogens is 1. The van der Waals surface area contributed by atoms with Crippen LogP contribution in [0.5, 0.6) is 23.1 Å². The average molecular weight is 548 g/mol. The van der Waals surface area contributed by atoms with E-state index in [2.05, 4.69) is 4.98 Å². The predicted molar refractivity (Wildman–Crippen MR) is 145 cm³/mol. The summed E-state index contributed by atoms with van der Waals surface area (Å²) in [4.78, 5) is 33.2. The van der Waals surface area contributed by atoms with Gasteiger partial charge in [0.15, 0.2) is 0 Å². The zero-order chi connectivity index (χ0) is 28.4. The number of fused-ring (bicyclic) bond motifs is 1. The van der Waals surface area contributed by atoms with Gasteiger partial charge in [0.25, 0.3) is 0 Å². The van der Waals surface area contributed by atoms with E-state index in [1.165, 1.54) is 19.2 Å². The van der Waals surface area contributed by atoms with E-state index in [1.807, 2.05) is 31.9 Å². The summed E-state index contributed by atoms with van der Waals surface area (Å²) in [6.07, 6.45) is 3.30. The van der Waals surface area contributed by atoms with Gasteiger partial charge in [0.05, 0.1) is 19.0 Å². The summed E-state index contributed by atoms with van der Waals surface area (Å²) in [5.41, 5.74) is 1.45. The van der Waals surface area contributed by atoms with E-state index in [4.69, 9.17) is 18.9 Å². The minimum Gasteiger partial charge on any atom is -0.465 e. The first-order chi connectivity index (χ1) is 19.1. The third-order valence-electron chi connectivity index (χ3n) is 6.37. The Hall–Kier alpha value is -4.60. The Morgan fingerprint density at radius 1 is 0.975 bits per heavy atom. The first-order valence-corrected chi connectivity index (χ1v) is 12.8. The number of nitrogens with zero attached hydrogens (tertiary/aromatic N) is 3. The van der Waals surface area contributed by atoms with Crippen LogP contribution in [0.2, 0.25) is 0 Å². The molecule has 1 aromatic heterocycles. The number of benzene rings is 2. The van der Waals surface area contributed by atoms with Gasteiger partial charge < -0.3 is 28.7 Å². The zero-order valence-electron chi connectivity index (χ0n) is 22.7. The number of anilines is 1. The summed E-state index contributed by atoms with van der Waals surface area (Å²) in [7, 11) is 1.30. The maximum atomic E-state index is 13.4. The van der Waals surface area contributed by atoms with Crippen LogP contribution in [0, 0.1) is 11.7 Å². The van der Waals surface area contributed by atoms with Crippen molar-refractivity contribution in [3.05, 3.63) is 83.9 Å². The van der Waals surface area contributed by atoms with E-state index in [9.17, 15) is 14.0 Å². The molecule has 3 heterocycles. The number of carbonyl (C=O) groups excluding carboxylic acids is 2. The lowest BCUT2D eigenvalue weighted by Gasteiger charge is -2.25. The molecule has 1 unspecified atom stereocenters. The minimum atomic E-state index is -0.585. The lowest BCUT2D eigenvalue weighted by molar-refractivity contribution is 0.0290. The van der Waals surface area contributed by atoms with E-state index in [0.717, 1.165) is 5.57 Å². The van der Waals surface area contributed by atoms with Crippen molar-refractivity contribution in [2.24, 2.45) is 5.92 Å². The van der Waals surface area contributed by atoms with Crippen LogP contribution in [0.4, 0.5) is 14.9 Å². The normalized spacial score (nSPS) is 16.3. The molecule has 2 aliphatic rings. The summed E-state index contributed by atoms with van der Waals surface area (Å²) >= 11 is 0. The SMILES string of the molecule is COC(=O)c1cc(N2C=C3CN(C(=O)OC(C)(C)C)CC3C2)cnc1Oc1ccc(Oc2cccc(F)c2)cc1. The molecule has 0 bridgehead atoms. The molecular formula is C30H30FN3O6. The van der Waals surface area contributed by atoms with Crippen LogP contribution in [0.15, 0.2) is 72.6 Å². The highest BCUT2D eigenvalue weighted by atomic mass is 19.1. The molecule has 0 aliphatic carbocycles.